The molecule has 0 spiro atoms. The zero-order valence-corrected chi connectivity index (χ0v) is 15.3. The van der Waals surface area contributed by atoms with E-state index in [1.807, 2.05) is 13.0 Å². The average molecular weight is 393 g/mol. The SMILES string of the molecule is COCCNC(=O)CCN(c1ccc(Br)cc1C)S(C)(=O)=O. The highest BCUT2D eigenvalue weighted by Gasteiger charge is 2.20. The van der Waals surface area contributed by atoms with E-state index in [2.05, 4.69) is 21.2 Å². The lowest BCUT2D eigenvalue weighted by atomic mass is 10.2. The third-order valence-corrected chi connectivity index (χ3v) is 4.67. The van der Waals surface area contributed by atoms with E-state index in [0.29, 0.717) is 18.8 Å². The summed E-state index contributed by atoms with van der Waals surface area (Å²) < 4.78 is 31.0. The fraction of sp³-hybridized carbons (Fsp3) is 0.500. The van der Waals surface area contributed by atoms with Crippen LogP contribution in [0.4, 0.5) is 5.69 Å². The van der Waals surface area contributed by atoms with Gasteiger partial charge in [-0.15, -0.1) is 0 Å². The standard InChI is InChI=1S/C14H21BrN2O4S/c1-11-10-12(15)4-5-13(11)17(22(3,19)20)8-6-14(18)16-7-9-21-2/h4-5,10H,6-9H2,1-3H3,(H,16,18). The molecule has 1 rings (SSSR count). The van der Waals surface area contributed by atoms with Crippen molar-refractivity contribution in [2.75, 3.05) is 37.4 Å². The van der Waals surface area contributed by atoms with Crippen LogP contribution in [0.3, 0.4) is 0 Å². The Hall–Kier alpha value is -1.12. The molecule has 0 saturated carbocycles. The Kier molecular flexibility index (Phi) is 7.31. The summed E-state index contributed by atoms with van der Waals surface area (Å²) in [7, 11) is -1.91. The first-order chi connectivity index (χ1) is 10.3. The number of anilines is 1. The van der Waals surface area contributed by atoms with Gasteiger partial charge in [-0.25, -0.2) is 8.42 Å². The van der Waals surface area contributed by atoms with Gasteiger partial charge in [-0.2, -0.15) is 0 Å². The lowest BCUT2D eigenvalue weighted by molar-refractivity contribution is -0.121. The molecule has 6 nitrogen and oxygen atoms in total. The maximum absolute atomic E-state index is 12.0. The molecule has 1 N–H and O–H groups in total. The maximum atomic E-state index is 12.0. The van der Waals surface area contributed by atoms with Gasteiger partial charge in [-0.1, -0.05) is 15.9 Å². The normalized spacial score (nSPS) is 11.3. The number of amides is 1. The van der Waals surface area contributed by atoms with E-state index in [0.717, 1.165) is 16.3 Å². The molecule has 0 radical (unpaired) electrons. The molecule has 22 heavy (non-hydrogen) atoms. The molecule has 0 fully saturated rings. The minimum Gasteiger partial charge on any atom is -0.383 e. The molecule has 8 heteroatoms. The van der Waals surface area contributed by atoms with Crippen LogP contribution in [0, 0.1) is 6.92 Å². The Balaban J connectivity index is 2.81. The van der Waals surface area contributed by atoms with E-state index in [4.69, 9.17) is 4.74 Å². The van der Waals surface area contributed by atoms with Crippen molar-refractivity contribution in [1.82, 2.24) is 5.32 Å². The van der Waals surface area contributed by atoms with Crippen LogP contribution in [-0.2, 0) is 19.6 Å². The number of halogens is 1. The molecule has 0 aliphatic rings. The molecule has 124 valence electrons. The van der Waals surface area contributed by atoms with Gasteiger partial charge in [0.05, 0.1) is 18.6 Å². The van der Waals surface area contributed by atoms with Crippen LogP contribution in [-0.4, -0.2) is 47.4 Å². The van der Waals surface area contributed by atoms with Gasteiger partial charge in [0.1, 0.15) is 0 Å². The molecule has 1 amide bonds. The molecule has 0 aliphatic carbocycles. The van der Waals surface area contributed by atoms with Gasteiger partial charge >= 0.3 is 0 Å². The van der Waals surface area contributed by atoms with Gasteiger partial charge in [0.15, 0.2) is 0 Å². The van der Waals surface area contributed by atoms with Crippen LogP contribution < -0.4 is 9.62 Å². The van der Waals surface area contributed by atoms with Crippen LogP contribution in [0.25, 0.3) is 0 Å². The molecule has 1 aromatic carbocycles. The van der Waals surface area contributed by atoms with E-state index >= 15 is 0 Å². The van der Waals surface area contributed by atoms with Crippen LogP contribution in [0.2, 0.25) is 0 Å². The van der Waals surface area contributed by atoms with E-state index in [9.17, 15) is 13.2 Å². The number of benzene rings is 1. The predicted octanol–water partition coefficient (Wildman–Crippen LogP) is 1.68. The molecule has 0 bridgehead atoms. The van der Waals surface area contributed by atoms with Gasteiger partial charge in [0, 0.05) is 31.1 Å². The van der Waals surface area contributed by atoms with Crippen LogP contribution >= 0.6 is 15.9 Å². The summed E-state index contributed by atoms with van der Waals surface area (Å²) >= 11 is 3.35. The Labute approximate surface area is 140 Å². The fourth-order valence-corrected chi connectivity index (χ4v) is 3.41. The molecule has 0 aromatic heterocycles. The summed E-state index contributed by atoms with van der Waals surface area (Å²) in [5.74, 6) is -0.208. The first-order valence-corrected chi connectivity index (χ1v) is 9.39. The molecule has 1 aromatic rings. The lowest BCUT2D eigenvalue weighted by Gasteiger charge is -2.24. The largest absolute Gasteiger partial charge is 0.383 e. The number of carbonyl (C=O) groups excluding carboxylic acids is 1. The van der Waals surface area contributed by atoms with Crippen molar-refractivity contribution in [3.8, 4) is 0 Å². The second-order valence-electron chi connectivity index (χ2n) is 4.86. The van der Waals surface area contributed by atoms with Crippen LogP contribution in [0.1, 0.15) is 12.0 Å². The second kappa shape index (κ2) is 8.50. The van der Waals surface area contributed by atoms with E-state index in [-0.39, 0.29) is 18.9 Å². The van der Waals surface area contributed by atoms with E-state index in [1.165, 1.54) is 4.31 Å². The first-order valence-electron chi connectivity index (χ1n) is 6.75. The Bertz CT molecular complexity index is 619. The molecular formula is C14H21BrN2O4S. The number of hydrogen-bond acceptors (Lipinski definition) is 4. The minimum absolute atomic E-state index is 0.0896. The highest BCUT2D eigenvalue weighted by molar-refractivity contribution is 9.10. The van der Waals surface area contributed by atoms with Gasteiger partial charge in [0.2, 0.25) is 15.9 Å². The topological polar surface area (TPSA) is 75.7 Å². The van der Waals surface area contributed by atoms with Crippen molar-refractivity contribution < 1.29 is 17.9 Å². The van der Waals surface area contributed by atoms with E-state index in [1.54, 1.807) is 19.2 Å². The Morgan fingerprint density at radius 1 is 1.41 bits per heavy atom. The molecule has 0 unspecified atom stereocenters. The molecule has 0 saturated heterocycles. The highest BCUT2D eigenvalue weighted by Crippen LogP contribution is 2.25. The van der Waals surface area contributed by atoms with Gasteiger partial charge < -0.3 is 10.1 Å². The predicted molar refractivity (Wildman–Crippen MR) is 90.6 cm³/mol. The zero-order valence-electron chi connectivity index (χ0n) is 12.9. The number of ether oxygens (including phenoxy) is 1. The van der Waals surface area contributed by atoms with Crippen molar-refractivity contribution in [2.45, 2.75) is 13.3 Å². The number of rotatable bonds is 8. The summed E-state index contributed by atoms with van der Waals surface area (Å²) in [6.07, 6.45) is 1.23. The van der Waals surface area contributed by atoms with Crippen molar-refractivity contribution in [2.24, 2.45) is 0 Å². The van der Waals surface area contributed by atoms with Gasteiger partial charge in [-0.3, -0.25) is 9.10 Å². The highest BCUT2D eigenvalue weighted by atomic mass is 79.9. The van der Waals surface area contributed by atoms with Crippen molar-refractivity contribution in [3.63, 3.8) is 0 Å². The van der Waals surface area contributed by atoms with Gasteiger partial charge in [0.25, 0.3) is 0 Å². The second-order valence-corrected chi connectivity index (χ2v) is 7.68. The monoisotopic (exact) mass is 392 g/mol. The summed E-state index contributed by atoms with van der Waals surface area (Å²) in [6.45, 7) is 2.76. The Morgan fingerprint density at radius 3 is 2.64 bits per heavy atom. The molecule has 0 heterocycles. The number of aryl methyl sites for hydroxylation is 1. The third-order valence-electron chi connectivity index (χ3n) is 3.00. The van der Waals surface area contributed by atoms with Crippen molar-refractivity contribution in [1.29, 1.82) is 0 Å². The van der Waals surface area contributed by atoms with Gasteiger partial charge in [-0.05, 0) is 30.7 Å². The van der Waals surface area contributed by atoms with E-state index < -0.39 is 10.0 Å². The molecule has 0 aliphatic heterocycles. The van der Waals surface area contributed by atoms with Crippen LogP contribution in [0.5, 0.6) is 0 Å². The fourth-order valence-electron chi connectivity index (χ4n) is 1.95. The molecular weight excluding hydrogens is 372 g/mol. The first kappa shape index (κ1) is 18.9. The quantitative estimate of drug-likeness (QED) is 0.682. The number of hydrogen-bond donors (Lipinski definition) is 1. The number of nitrogens with zero attached hydrogens (tertiary/aromatic N) is 1. The Morgan fingerprint density at radius 2 is 2.09 bits per heavy atom. The summed E-state index contributed by atoms with van der Waals surface area (Å²) in [4.78, 5) is 11.7. The van der Waals surface area contributed by atoms with Crippen LogP contribution in [0.15, 0.2) is 22.7 Å². The maximum Gasteiger partial charge on any atom is 0.232 e. The zero-order chi connectivity index (χ0) is 16.8. The molecule has 0 atom stereocenters. The van der Waals surface area contributed by atoms with Crippen molar-refractivity contribution in [3.05, 3.63) is 28.2 Å². The number of carbonyl (C=O) groups is 1. The number of sulfonamides is 1. The summed E-state index contributed by atoms with van der Waals surface area (Å²) in [5.41, 5.74) is 1.40. The third kappa shape index (κ3) is 5.94. The minimum atomic E-state index is -3.46. The number of nitrogens with one attached hydrogen (secondary N) is 1. The van der Waals surface area contributed by atoms with Crippen molar-refractivity contribution >= 4 is 37.5 Å². The smallest absolute Gasteiger partial charge is 0.232 e. The summed E-state index contributed by atoms with van der Waals surface area (Å²) in [6, 6.07) is 5.34. The summed E-state index contributed by atoms with van der Waals surface area (Å²) in [5, 5.41) is 2.67. The number of methoxy groups -OCH3 is 1. The lowest BCUT2D eigenvalue weighted by Crippen LogP contribution is -2.35. The average Bonchev–Trinajstić information content (AvgIpc) is 2.40.